The van der Waals surface area contributed by atoms with Crippen LogP contribution in [0.1, 0.15) is 32.3 Å². The van der Waals surface area contributed by atoms with Gasteiger partial charge in [0, 0.05) is 26.2 Å². The zero-order valence-corrected chi connectivity index (χ0v) is 12.3. The molecule has 1 atom stereocenters. The minimum Gasteiger partial charge on any atom is -0.342 e. The van der Waals surface area contributed by atoms with Gasteiger partial charge in [0.15, 0.2) is 0 Å². The highest BCUT2D eigenvalue weighted by atomic mass is 16.2. The lowest BCUT2D eigenvalue weighted by molar-refractivity contribution is -0.128. The van der Waals surface area contributed by atoms with Gasteiger partial charge in [-0.1, -0.05) is 25.5 Å². The highest BCUT2D eigenvalue weighted by molar-refractivity contribution is 5.94. The van der Waals surface area contributed by atoms with Gasteiger partial charge >= 0.3 is 0 Å². The fraction of sp³-hybridized carbons (Fsp3) is 0.467. The van der Waals surface area contributed by atoms with Gasteiger partial charge in [0.2, 0.25) is 11.8 Å². The lowest BCUT2D eigenvalue weighted by atomic mass is 10.1. The third kappa shape index (κ3) is 5.01. The van der Waals surface area contributed by atoms with Crippen molar-refractivity contribution < 1.29 is 9.59 Å². The van der Waals surface area contributed by atoms with Gasteiger partial charge in [-0.15, -0.1) is 0 Å². The highest BCUT2D eigenvalue weighted by Crippen LogP contribution is 2.13. The van der Waals surface area contributed by atoms with Crippen LogP contribution in [0.5, 0.6) is 0 Å². The molecule has 0 saturated heterocycles. The molecule has 0 fully saturated rings. The van der Waals surface area contributed by atoms with Crippen molar-refractivity contribution >= 4 is 17.5 Å². The van der Waals surface area contributed by atoms with Crippen molar-refractivity contribution in [2.24, 2.45) is 5.73 Å². The van der Waals surface area contributed by atoms with Crippen LogP contribution in [-0.2, 0) is 16.1 Å². The average Bonchev–Trinajstić information content (AvgIpc) is 2.39. The van der Waals surface area contributed by atoms with E-state index in [1.165, 1.54) is 6.92 Å². The predicted octanol–water partition coefficient (Wildman–Crippen LogP) is 1.73. The number of carbonyl (C=O) groups is 2. The first-order chi connectivity index (χ1) is 9.43. The van der Waals surface area contributed by atoms with Crippen molar-refractivity contribution in [1.29, 1.82) is 0 Å². The Balaban J connectivity index is 2.68. The first kappa shape index (κ1) is 16.2. The van der Waals surface area contributed by atoms with E-state index in [2.05, 4.69) is 5.32 Å². The van der Waals surface area contributed by atoms with Crippen LogP contribution in [0.25, 0.3) is 0 Å². The van der Waals surface area contributed by atoms with Crippen molar-refractivity contribution in [1.82, 2.24) is 4.90 Å². The molecule has 0 aliphatic heterocycles. The predicted molar refractivity (Wildman–Crippen MR) is 80.1 cm³/mol. The molecule has 5 heteroatoms. The molecule has 1 aromatic carbocycles. The molecule has 5 nitrogen and oxygen atoms in total. The van der Waals surface area contributed by atoms with E-state index in [4.69, 9.17) is 5.73 Å². The number of rotatable bonds is 6. The average molecular weight is 277 g/mol. The second kappa shape index (κ2) is 7.65. The SMILES string of the molecule is CCC[C@H](N)C(=O)Nc1cccc(CN(C)C(C)=O)c1. The molecule has 1 rings (SSSR count). The number of nitrogens with one attached hydrogen (secondary N) is 1. The first-order valence-corrected chi connectivity index (χ1v) is 6.81. The normalized spacial score (nSPS) is 11.8. The molecule has 0 aliphatic rings. The maximum atomic E-state index is 11.8. The van der Waals surface area contributed by atoms with Crippen molar-refractivity contribution in [3.05, 3.63) is 29.8 Å². The van der Waals surface area contributed by atoms with Crippen LogP contribution in [0, 0.1) is 0 Å². The van der Waals surface area contributed by atoms with Crippen molar-refractivity contribution in [3.8, 4) is 0 Å². The smallest absolute Gasteiger partial charge is 0.241 e. The summed E-state index contributed by atoms with van der Waals surface area (Å²) in [5.74, 6) is -0.173. The number of amides is 2. The summed E-state index contributed by atoms with van der Waals surface area (Å²) in [5, 5.41) is 2.80. The van der Waals surface area contributed by atoms with Crippen LogP contribution < -0.4 is 11.1 Å². The van der Waals surface area contributed by atoms with Gasteiger partial charge in [0.05, 0.1) is 6.04 Å². The van der Waals surface area contributed by atoms with Crippen molar-refractivity contribution in [3.63, 3.8) is 0 Å². The molecule has 3 N–H and O–H groups in total. The molecule has 0 bridgehead atoms. The summed E-state index contributed by atoms with van der Waals surface area (Å²) in [5.41, 5.74) is 7.44. The van der Waals surface area contributed by atoms with Gasteiger partial charge in [-0.25, -0.2) is 0 Å². The summed E-state index contributed by atoms with van der Waals surface area (Å²) in [4.78, 5) is 24.7. The van der Waals surface area contributed by atoms with Crippen molar-refractivity contribution in [2.75, 3.05) is 12.4 Å². The van der Waals surface area contributed by atoms with E-state index < -0.39 is 6.04 Å². The lowest BCUT2D eigenvalue weighted by Gasteiger charge is -2.16. The molecule has 110 valence electrons. The summed E-state index contributed by atoms with van der Waals surface area (Å²) in [6, 6.07) is 6.96. The molecule has 2 amide bonds. The van der Waals surface area contributed by atoms with Crippen LogP contribution in [0.4, 0.5) is 5.69 Å². The number of benzene rings is 1. The minimum absolute atomic E-state index is 0.00408. The van der Waals surface area contributed by atoms with E-state index in [-0.39, 0.29) is 11.8 Å². The molecule has 0 saturated carbocycles. The molecular formula is C15H23N3O2. The maximum Gasteiger partial charge on any atom is 0.241 e. The molecule has 1 aromatic rings. The van der Waals surface area contributed by atoms with Gasteiger partial charge in [0.1, 0.15) is 0 Å². The molecule has 0 aliphatic carbocycles. The molecule has 0 aromatic heterocycles. The monoisotopic (exact) mass is 277 g/mol. The summed E-state index contributed by atoms with van der Waals surface area (Å²) < 4.78 is 0. The van der Waals surface area contributed by atoms with E-state index in [0.717, 1.165) is 12.0 Å². The van der Waals surface area contributed by atoms with E-state index in [0.29, 0.717) is 18.7 Å². The molecule has 20 heavy (non-hydrogen) atoms. The first-order valence-electron chi connectivity index (χ1n) is 6.81. The Morgan fingerprint density at radius 1 is 1.40 bits per heavy atom. The fourth-order valence-electron chi connectivity index (χ4n) is 1.81. The Kier molecular flexibility index (Phi) is 6.18. The molecule has 0 unspecified atom stereocenters. The highest BCUT2D eigenvalue weighted by Gasteiger charge is 2.12. The van der Waals surface area contributed by atoms with E-state index >= 15 is 0 Å². The van der Waals surface area contributed by atoms with E-state index in [1.54, 1.807) is 11.9 Å². The summed E-state index contributed by atoms with van der Waals surface area (Å²) in [7, 11) is 1.74. The van der Waals surface area contributed by atoms with E-state index in [1.807, 2.05) is 31.2 Å². The van der Waals surface area contributed by atoms with Crippen LogP contribution in [0.3, 0.4) is 0 Å². The lowest BCUT2D eigenvalue weighted by Crippen LogP contribution is -2.35. The number of carbonyl (C=O) groups excluding carboxylic acids is 2. The second-order valence-electron chi connectivity index (χ2n) is 4.96. The standard InChI is InChI=1S/C15H23N3O2/c1-4-6-14(16)15(20)17-13-8-5-7-12(9-13)10-18(3)11(2)19/h5,7-9,14H,4,6,10,16H2,1-3H3,(H,17,20)/t14-/m0/s1. The molecule has 0 spiro atoms. The fourth-order valence-corrected chi connectivity index (χ4v) is 1.81. The Hall–Kier alpha value is -1.88. The second-order valence-corrected chi connectivity index (χ2v) is 4.96. The maximum absolute atomic E-state index is 11.8. The third-order valence-corrected chi connectivity index (χ3v) is 3.09. The quantitative estimate of drug-likeness (QED) is 0.831. The topological polar surface area (TPSA) is 75.4 Å². The van der Waals surface area contributed by atoms with Gasteiger partial charge in [-0.05, 0) is 24.1 Å². The van der Waals surface area contributed by atoms with E-state index in [9.17, 15) is 9.59 Å². The van der Waals surface area contributed by atoms with Gasteiger partial charge in [0.25, 0.3) is 0 Å². The van der Waals surface area contributed by atoms with Crippen LogP contribution in [0.15, 0.2) is 24.3 Å². The Morgan fingerprint density at radius 3 is 2.70 bits per heavy atom. The zero-order chi connectivity index (χ0) is 15.1. The van der Waals surface area contributed by atoms with Crippen molar-refractivity contribution in [2.45, 2.75) is 39.3 Å². The number of anilines is 1. The molecule has 0 radical (unpaired) electrons. The Labute approximate surface area is 120 Å². The Bertz CT molecular complexity index is 474. The number of hydrogen-bond donors (Lipinski definition) is 2. The Morgan fingerprint density at radius 2 is 2.10 bits per heavy atom. The minimum atomic E-state index is -0.483. The van der Waals surface area contributed by atoms with Crippen LogP contribution in [0.2, 0.25) is 0 Å². The molecular weight excluding hydrogens is 254 g/mol. The summed E-state index contributed by atoms with van der Waals surface area (Å²) in [6.07, 6.45) is 1.54. The third-order valence-electron chi connectivity index (χ3n) is 3.09. The van der Waals surface area contributed by atoms with Gasteiger partial charge in [-0.2, -0.15) is 0 Å². The number of nitrogens with two attached hydrogens (primary N) is 1. The summed E-state index contributed by atoms with van der Waals surface area (Å²) in [6.45, 7) is 4.03. The van der Waals surface area contributed by atoms with Gasteiger partial charge in [-0.3, -0.25) is 9.59 Å². The number of hydrogen-bond acceptors (Lipinski definition) is 3. The van der Waals surface area contributed by atoms with Gasteiger partial charge < -0.3 is 16.0 Å². The zero-order valence-electron chi connectivity index (χ0n) is 12.3. The van der Waals surface area contributed by atoms with Crippen LogP contribution in [-0.4, -0.2) is 29.8 Å². The van der Waals surface area contributed by atoms with Crippen LogP contribution >= 0.6 is 0 Å². The largest absolute Gasteiger partial charge is 0.342 e. The summed E-state index contributed by atoms with van der Waals surface area (Å²) >= 11 is 0. The molecule has 0 heterocycles. The number of nitrogens with zero attached hydrogens (tertiary/aromatic N) is 1.